The summed E-state index contributed by atoms with van der Waals surface area (Å²) in [6.07, 6.45) is 0. The van der Waals surface area contributed by atoms with Crippen molar-refractivity contribution in [1.82, 2.24) is 5.16 Å². The lowest BCUT2D eigenvalue weighted by molar-refractivity contribution is 0.439. The van der Waals surface area contributed by atoms with Crippen LogP contribution in [0.5, 0.6) is 0 Å². The Morgan fingerprint density at radius 2 is 1.81 bits per heavy atom. The minimum Gasteiger partial charge on any atom is -0.367 e. The van der Waals surface area contributed by atoms with Crippen LogP contribution in [-0.2, 0) is 0 Å². The monoisotopic (exact) mass is 358 g/mol. The Balaban J connectivity index is 2.30. The maximum absolute atomic E-state index is 6.31. The van der Waals surface area contributed by atoms with E-state index >= 15 is 0 Å². The highest BCUT2D eigenvalue weighted by molar-refractivity contribution is 7.14. The molecular formula is C14H9Cl3N2OS. The number of hydrogen-bond donors (Lipinski definition) is 1. The van der Waals surface area contributed by atoms with E-state index in [1.165, 1.54) is 11.3 Å². The highest BCUT2D eigenvalue weighted by Gasteiger charge is 2.24. The molecular weight excluding hydrogens is 351 g/mol. The first-order valence-corrected chi connectivity index (χ1v) is 7.95. The number of nitrogens with two attached hydrogens (primary N) is 1. The van der Waals surface area contributed by atoms with Gasteiger partial charge in [0.25, 0.3) is 0 Å². The van der Waals surface area contributed by atoms with Crippen LogP contribution >= 0.6 is 46.1 Å². The molecule has 2 heterocycles. The fraction of sp³-hybridized carbons (Fsp3) is 0.0714. The van der Waals surface area contributed by atoms with Crippen LogP contribution in [0.4, 0.5) is 5.88 Å². The molecule has 3 rings (SSSR count). The zero-order chi connectivity index (χ0) is 15.1. The molecule has 3 nitrogen and oxygen atoms in total. The Morgan fingerprint density at radius 1 is 1.14 bits per heavy atom. The molecule has 0 saturated carbocycles. The number of halogens is 3. The molecule has 0 amide bonds. The van der Waals surface area contributed by atoms with Crippen molar-refractivity contribution in [3.8, 4) is 21.7 Å². The highest BCUT2D eigenvalue weighted by atomic mass is 35.5. The molecule has 0 saturated heterocycles. The average molecular weight is 360 g/mol. The molecule has 21 heavy (non-hydrogen) atoms. The fourth-order valence-corrected chi connectivity index (χ4v) is 3.88. The van der Waals surface area contributed by atoms with E-state index in [0.717, 1.165) is 10.4 Å². The number of nitrogen functional groups attached to an aromatic ring is 1. The lowest BCUT2D eigenvalue weighted by Gasteiger charge is -2.07. The predicted octanol–water partition coefficient (Wildman–Crippen LogP) is 5.92. The van der Waals surface area contributed by atoms with E-state index in [4.69, 9.17) is 45.1 Å². The van der Waals surface area contributed by atoms with E-state index in [2.05, 4.69) is 5.16 Å². The number of rotatable bonds is 2. The minimum atomic E-state index is 0.155. The molecule has 0 aliphatic heterocycles. The molecule has 0 spiro atoms. The van der Waals surface area contributed by atoms with Crippen molar-refractivity contribution in [3.05, 3.63) is 44.2 Å². The Morgan fingerprint density at radius 3 is 2.38 bits per heavy atom. The van der Waals surface area contributed by atoms with Gasteiger partial charge in [-0.15, -0.1) is 11.3 Å². The molecule has 2 aromatic heterocycles. The van der Waals surface area contributed by atoms with Crippen LogP contribution in [0.1, 0.15) is 5.56 Å². The minimum absolute atomic E-state index is 0.155. The van der Waals surface area contributed by atoms with E-state index in [1.54, 1.807) is 18.2 Å². The Hall–Kier alpha value is -1.20. The Kier molecular flexibility index (Phi) is 3.88. The van der Waals surface area contributed by atoms with Crippen LogP contribution in [0, 0.1) is 6.92 Å². The molecule has 0 atom stereocenters. The maximum Gasteiger partial charge on any atom is 0.230 e. The van der Waals surface area contributed by atoms with Crippen LogP contribution in [0.25, 0.3) is 21.7 Å². The number of hydrogen-bond acceptors (Lipinski definition) is 4. The molecule has 108 valence electrons. The molecule has 7 heteroatoms. The molecule has 1 aromatic carbocycles. The zero-order valence-corrected chi connectivity index (χ0v) is 13.9. The topological polar surface area (TPSA) is 52.0 Å². The number of anilines is 1. The summed E-state index contributed by atoms with van der Waals surface area (Å²) in [5.74, 6) is 0.155. The second-order valence-corrected chi connectivity index (χ2v) is 6.50. The fourth-order valence-electron chi connectivity index (χ4n) is 2.03. The third-order valence-corrected chi connectivity index (χ3v) is 5.38. The van der Waals surface area contributed by atoms with Crippen molar-refractivity contribution in [3.63, 3.8) is 0 Å². The lowest BCUT2D eigenvalue weighted by atomic mass is 10.0. The van der Waals surface area contributed by atoms with Gasteiger partial charge < -0.3 is 10.3 Å². The largest absolute Gasteiger partial charge is 0.367 e. The summed E-state index contributed by atoms with van der Waals surface area (Å²) in [5.41, 5.74) is 8.59. The van der Waals surface area contributed by atoms with Crippen molar-refractivity contribution in [1.29, 1.82) is 0 Å². The van der Waals surface area contributed by atoms with Crippen molar-refractivity contribution in [2.24, 2.45) is 0 Å². The normalized spacial score (nSPS) is 11.0. The highest BCUT2D eigenvalue weighted by Crippen LogP contribution is 2.46. The summed E-state index contributed by atoms with van der Waals surface area (Å²) in [7, 11) is 0. The quantitative estimate of drug-likeness (QED) is 0.617. The van der Waals surface area contributed by atoms with Gasteiger partial charge in [-0.2, -0.15) is 0 Å². The summed E-state index contributed by atoms with van der Waals surface area (Å²) >= 11 is 20.3. The number of aryl methyl sites for hydroxylation is 1. The van der Waals surface area contributed by atoms with Crippen molar-refractivity contribution < 1.29 is 4.52 Å². The first kappa shape index (κ1) is 14.7. The van der Waals surface area contributed by atoms with Crippen molar-refractivity contribution in [2.75, 3.05) is 5.73 Å². The summed E-state index contributed by atoms with van der Waals surface area (Å²) in [4.78, 5) is 0.778. The SMILES string of the molecule is Cc1csc(-c2noc(N)c2-c2c(Cl)cccc2Cl)c1Cl. The van der Waals surface area contributed by atoms with E-state index in [1.807, 2.05) is 12.3 Å². The standard InChI is InChI=1S/C14H9Cl3N2OS/c1-6-5-21-13(11(6)17)12-10(14(18)20-19-12)9-7(15)3-2-4-8(9)16/h2-5H,18H2,1H3. The van der Waals surface area contributed by atoms with Gasteiger partial charge in [-0.1, -0.05) is 46.0 Å². The average Bonchev–Trinajstić information content (AvgIpc) is 2.95. The lowest BCUT2D eigenvalue weighted by Crippen LogP contribution is -1.89. The van der Waals surface area contributed by atoms with E-state index in [0.29, 0.717) is 31.9 Å². The van der Waals surface area contributed by atoms with Gasteiger partial charge in [0, 0.05) is 5.56 Å². The van der Waals surface area contributed by atoms with Gasteiger partial charge >= 0.3 is 0 Å². The first-order valence-electron chi connectivity index (χ1n) is 5.94. The first-order chi connectivity index (χ1) is 10.0. The van der Waals surface area contributed by atoms with Gasteiger partial charge in [-0.05, 0) is 30.0 Å². The van der Waals surface area contributed by atoms with Crippen LogP contribution in [0.15, 0.2) is 28.1 Å². The van der Waals surface area contributed by atoms with Crippen LogP contribution in [0.3, 0.4) is 0 Å². The molecule has 3 aromatic rings. The summed E-state index contributed by atoms with van der Waals surface area (Å²) in [6.45, 7) is 1.92. The second-order valence-electron chi connectivity index (χ2n) is 4.43. The van der Waals surface area contributed by atoms with Gasteiger partial charge in [-0.3, -0.25) is 0 Å². The van der Waals surface area contributed by atoms with Crippen LogP contribution in [-0.4, -0.2) is 5.16 Å². The smallest absolute Gasteiger partial charge is 0.230 e. The summed E-state index contributed by atoms with van der Waals surface area (Å²) in [6, 6.07) is 5.24. The number of nitrogens with zero attached hydrogens (tertiary/aromatic N) is 1. The van der Waals surface area contributed by atoms with Gasteiger partial charge in [0.15, 0.2) is 0 Å². The van der Waals surface area contributed by atoms with Crippen molar-refractivity contribution >= 4 is 52.0 Å². The third-order valence-electron chi connectivity index (χ3n) is 3.05. The summed E-state index contributed by atoms with van der Waals surface area (Å²) in [5, 5.41) is 7.55. The van der Waals surface area contributed by atoms with Gasteiger partial charge in [0.1, 0.15) is 5.69 Å². The van der Waals surface area contributed by atoms with Gasteiger partial charge in [0.05, 0.1) is 25.5 Å². The number of aromatic nitrogens is 1. The molecule has 0 unspecified atom stereocenters. The summed E-state index contributed by atoms with van der Waals surface area (Å²) < 4.78 is 5.14. The molecule has 0 bridgehead atoms. The number of thiophene rings is 1. The van der Waals surface area contributed by atoms with Gasteiger partial charge in [-0.25, -0.2) is 0 Å². The van der Waals surface area contributed by atoms with Crippen LogP contribution in [0.2, 0.25) is 15.1 Å². The van der Waals surface area contributed by atoms with E-state index < -0.39 is 0 Å². The zero-order valence-electron chi connectivity index (χ0n) is 10.8. The molecule has 0 aliphatic carbocycles. The van der Waals surface area contributed by atoms with Gasteiger partial charge in [0.2, 0.25) is 5.88 Å². The molecule has 0 fully saturated rings. The Bertz CT molecular complexity index is 805. The molecule has 0 aliphatic rings. The van der Waals surface area contributed by atoms with E-state index in [-0.39, 0.29) is 5.88 Å². The van der Waals surface area contributed by atoms with Crippen molar-refractivity contribution in [2.45, 2.75) is 6.92 Å². The molecule has 0 radical (unpaired) electrons. The number of benzene rings is 1. The van der Waals surface area contributed by atoms with E-state index in [9.17, 15) is 0 Å². The Labute approximate surface area is 140 Å². The maximum atomic E-state index is 6.31. The predicted molar refractivity (Wildman–Crippen MR) is 89.4 cm³/mol. The van der Waals surface area contributed by atoms with Crippen LogP contribution < -0.4 is 5.73 Å². The third kappa shape index (κ3) is 2.42. The second kappa shape index (κ2) is 5.54. The molecule has 2 N–H and O–H groups in total.